The van der Waals surface area contributed by atoms with E-state index in [4.69, 9.17) is 23.2 Å². The smallest absolute Gasteiger partial charge is 0.245 e. The van der Waals surface area contributed by atoms with E-state index in [-0.39, 0.29) is 16.5 Å². The van der Waals surface area contributed by atoms with Crippen molar-refractivity contribution in [3.05, 3.63) is 10.4 Å². The van der Waals surface area contributed by atoms with Crippen LogP contribution in [0.1, 0.15) is 13.3 Å². The summed E-state index contributed by atoms with van der Waals surface area (Å²) in [4.78, 5) is 3.96. The first-order valence-corrected chi connectivity index (χ1v) is 6.59. The van der Waals surface area contributed by atoms with Crippen molar-refractivity contribution in [3.63, 3.8) is 0 Å². The normalized spacial score (nSPS) is 12.5. The lowest BCUT2D eigenvalue weighted by Gasteiger charge is -2.13. The van der Waals surface area contributed by atoms with E-state index in [0.29, 0.717) is 5.82 Å². The molecular weight excluding hydrogens is 255 g/mol. The summed E-state index contributed by atoms with van der Waals surface area (Å²) in [6.45, 7) is 2.06. The molecule has 0 spiro atoms. The highest BCUT2D eigenvalue weighted by atomic mass is 35.5. The molecule has 0 aliphatic heterocycles. The van der Waals surface area contributed by atoms with Crippen LogP contribution in [0.3, 0.4) is 0 Å². The maximum atomic E-state index is 5.81. The first-order chi connectivity index (χ1) is 7.13. The molecule has 0 amide bonds. The van der Waals surface area contributed by atoms with Crippen molar-refractivity contribution < 1.29 is 0 Å². The molecule has 84 valence electrons. The van der Waals surface area contributed by atoms with E-state index in [1.165, 1.54) is 0 Å². The van der Waals surface area contributed by atoms with E-state index in [1.54, 1.807) is 11.8 Å². The molecule has 1 atom stereocenters. The number of nitrogens with one attached hydrogen (secondary N) is 1. The summed E-state index contributed by atoms with van der Waals surface area (Å²) < 4.78 is 0. The number of hydrogen-bond acceptors (Lipinski definition) is 5. The fraction of sp³-hybridized carbons (Fsp3) is 0.625. The topological polar surface area (TPSA) is 50.7 Å². The van der Waals surface area contributed by atoms with E-state index in [0.717, 1.165) is 12.2 Å². The van der Waals surface area contributed by atoms with Gasteiger partial charge in [-0.2, -0.15) is 16.7 Å². The Balaban J connectivity index is 2.59. The fourth-order valence-corrected chi connectivity index (χ4v) is 1.83. The van der Waals surface area contributed by atoms with Gasteiger partial charge in [0.25, 0.3) is 0 Å². The standard InChI is InChI=1S/C8H12Cl2N4S/c1-5(3-4-15-2)11-7-6(9)13-14-8(10)12-7/h5H,3-4H2,1-2H3,(H,11,12,14). The van der Waals surface area contributed by atoms with Crippen LogP contribution in [0.4, 0.5) is 5.82 Å². The highest BCUT2D eigenvalue weighted by Crippen LogP contribution is 2.18. The first kappa shape index (κ1) is 12.8. The van der Waals surface area contributed by atoms with Gasteiger partial charge >= 0.3 is 0 Å². The van der Waals surface area contributed by atoms with Crippen LogP contribution in [0.25, 0.3) is 0 Å². The van der Waals surface area contributed by atoms with Crippen molar-refractivity contribution in [2.45, 2.75) is 19.4 Å². The number of nitrogens with zero attached hydrogens (tertiary/aromatic N) is 3. The highest BCUT2D eigenvalue weighted by Gasteiger charge is 2.08. The first-order valence-electron chi connectivity index (χ1n) is 4.44. The van der Waals surface area contributed by atoms with Crippen LogP contribution >= 0.6 is 35.0 Å². The van der Waals surface area contributed by atoms with Gasteiger partial charge in [0.1, 0.15) is 0 Å². The Labute approximate surface area is 103 Å². The third kappa shape index (κ3) is 4.40. The lowest BCUT2D eigenvalue weighted by molar-refractivity contribution is 0.762. The summed E-state index contributed by atoms with van der Waals surface area (Å²) in [6.07, 6.45) is 3.10. The second kappa shape index (κ2) is 6.35. The second-order valence-electron chi connectivity index (χ2n) is 3.05. The van der Waals surface area contributed by atoms with Gasteiger partial charge in [-0.3, -0.25) is 0 Å². The molecule has 1 aromatic rings. The Kier molecular flexibility index (Phi) is 5.42. The van der Waals surface area contributed by atoms with E-state index < -0.39 is 0 Å². The molecule has 0 aromatic carbocycles. The molecule has 0 radical (unpaired) electrons. The van der Waals surface area contributed by atoms with Crippen LogP contribution in [0.15, 0.2) is 0 Å². The van der Waals surface area contributed by atoms with Gasteiger partial charge in [-0.05, 0) is 37.0 Å². The Hall–Kier alpha value is -0.260. The summed E-state index contributed by atoms with van der Waals surface area (Å²) in [5.74, 6) is 1.57. The van der Waals surface area contributed by atoms with Gasteiger partial charge in [0.2, 0.25) is 5.28 Å². The number of rotatable bonds is 5. The Morgan fingerprint density at radius 3 is 2.80 bits per heavy atom. The average Bonchev–Trinajstić information content (AvgIpc) is 2.20. The Morgan fingerprint density at radius 2 is 2.13 bits per heavy atom. The summed E-state index contributed by atoms with van der Waals surface area (Å²) in [5.41, 5.74) is 0. The summed E-state index contributed by atoms with van der Waals surface area (Å²) in [7, 11) is 0. The predicted molar refractivity (Wildman–Crippen MR) is 65.9 cm³/mol. The maximum absolute atomic E-state index is 5.81. The molecule has 7 heteroatoms. The lowest BCUT2D eigenvalue weighted by atomic mass is 10.2. The highest BCUT2D eigenvalue weighted by molar-refractivity contribution is 7.98. The van der Waals surface area contributed by atoms with Crippen LogP contribution in [0.5, 0.6) is 0 Å². The summed E-state index contributed by atoms with van der Waals surface area (Å²) in [6, 6.07) is 0.280. The van der Waals surface area contributed by atoms with E-state index in [9.17, 15) is 0 Å². The number of hydrogen-bond donors (Lipinski definition) is 1. The molecule has 0 fully saturated rings. The minimum Gasteiger partial charge on any atom is -0.365 e. The molecule has 1 heterocycles. The molecule has 0 saturated carbocycles. The molecule has 0 saturated heterocycles. The van der Waals surface area contributed by atoms with Gasteiger partial charge in [0, 0.05) is 6.04 Å². The predicted octanol–water partition coefficient (Wildman–Crippen LogP) is 2.73. The van der Waals surface area contributed by atoms with Crippen molar-refractivity contribution in [2.75, 3.05) is 17.3 Å². The lowest BCUT2D eigenvalue weighted by Crippen LogP contribution is -2.17. The zero-order valence-corrected chi connectivity index (χ0v) is 10.8. The van der Waals surface area contributed by atoms with Gasteiger partial charge < -0.3 is 5.32 Å². The molecule has 0 bridgehead atoms. The zero-order chi connectivity index (χ0) is 11.3. The van der Waals surface area contributed by atoms with Crippen LogP contribution in [0, 0.1) is 0 Å². The molecule has 0 aliphatic rings. The third-order valence-corrected chi connectivity index (χ3v) is 2.82. The monoisotopic (exact) mass is 266 g/mol. The minimum atomic E-state index is 0.0963. The van der Waals surface area contributed by atoms with Gasteiger partial charge in [0.15, 0.2) is 11.0 Å². The van der Waals surface area contributed by atoms with Gasteiger partial charge in [-0.25, -0.2) is 0 Å². The number of anilines is 1. The maximum Gasteiger partial charge on any atom is 0.245 e. The molecule has 4 nitrogen and oxygen atoms in total. The van der Waals surface area contributed by atoms with Crippen LogP contribution in [-0.2, 0) is 0 Å². The third-order valence-electron chi connectivity index (χ3n) is 1.76. The molecule has 15 heavy (non-hydrogen) atoms. The largest absolute Gasteiger partial charge is 0.365 e. The van der Waals surface area contributed by atoms with Crippen molar-refractivity contribution in [2.24, 2.45) is 0 Å². The summed E-state index contributed by atoms with van der Waals surface area (Å²) in [5, 5.41) is 10.7. The van der Waals surface area contributed by atoms with Gasteiger partial charge in [-0.1, -0.05) is 11.6 Å². The summed E-state index contributed by atoms with van der Waals surface area (Å²) >= 11 is 13.2. The van der Waals surface area contributed by atoms with Crippen LogP contribution in [-0.4, -0.2) is 33.2 Å². The molecular formula is C8H12Cl2N4S. The van der Waals surface area contributed by atoms with E-state index >= 15 is 0 Å². The van der Waals surface area contributed by atoms with Crippen molar-refractivity contribution in [1.29, 1.82) is 0 Å². The average molecular weight is 267 g/mol. The molecule has 0 aliphatic carbocycles. The Bertz CT molecular complexity index is 324. The van der Waals surface area contributed by atoms with Gasteiger partial charge in [0.05, 0.1) is 0 Å². The van der Waals surface area contributed by atoms with Gasteiger partial charge in [-0.15, -0.1) is 10.2 Å². The molecule has 1 N–H and O–H groups in total. The number of aromatic nitrogens is 3. The second-order valence-corrected chi connectivity index (χ2v) is 4.73. The SMILES string of the molecule is CSCCC(C)Nc1nc(Cl)nnc1Cl. The quantitative estimate of drug-likeness (QED) is 0.888. The zero-order valence-electron chi connectivity index (χ0n) is 8.50. The minimum absolute atomic E-state index is 0.0963. The number of thioether (sulfide) groups is 1. The molecule has 1 aromatic heterocycles. The van der Waals surface area contributed by atoms with Crippen LogP contribution < -0.4 is 5.32 Å². The van der Waals surface area contributed by atoms with Crippen molar-refractivity contribution in [1.82, 2.24) is 15.2 Å². The Morgan fingerprint density at radius 1 is 1.40 bits per heavy atom. The van der Waals surface area contributed by atoms with Crippen molar-refractivity contribution >= 4 is 40.8 Å². The fourth-order valence-electron chi connectivity index (χ4n) is 0.985. The van der Waals surface area contributed by atoms with Crippen molar-refractivity contribution in [3.8, 4) is 0 Å². The molecule has 1 unspecified atom stereocenters. The van der Waals surface area contributed by atoms with E-state index in [1.807, 2.05) is 0 Å². The number of halogens is 2. The van der Waals surface area contributed by atoms with Crippen LogP contribution in [0.2, 0.25) is 10.4 Å². The molecule has 1 rings (SSSR count). The van der Waals surface area contributed by atoms with E-state index in [2.05, 4.69) is 33.7 Å².